The molecule has 3 aliphatic rings. The second-order valence-electron chi connectivity index (χ2n) is 15.4. The van der Waals surface area contributed by atoms with E-state index >= 15 is 0 Å². The van der Waals surface area contributed by atoms with Gasteiger partial charge in [-0.15, -0.1) is 19.7 Å². The van der Waals surface area contributed by atoms with Crippen LogP contribution in [0.5, 0.6) is 0 Å². The van der Waals surface area contributed by atoms with Crippen molar-refractivity contribution in [3.8, 4) is 0 Å². The lowest BCUT2D eigenvalue weighted by Crippen LogP contribution is -2.55. The van der Waals surface area contributed by atoms with E-state index in [-0.39, 0.29) is 83.9 Å². The quantitative estimate of drug-likeness (QED) is 0.0203. The minimum Gasteiger partial charge on any atom is -0.461 e. The van der Waals surface area contributed by atoms with Crippen molar-refractivity contribution in [3.05, 3.63) is 126 Å². The Labute approximate surface area is 412 Å². The molecule has 0 radical (unpaired) electrons. The number of epoxide rings is 3. The number of ether oxygens (including phenoxy) is 5. The number of nitrogens with one attached hydrogen (secondary N) is 2. The van der Waals surface area contributed by atoms with E-state index in [1.807, 2.05) is 13.8 Å². The minimum absolute atomic E-state index is 0.0562. The van der Waals surface area contributed by atoms with E-state index in [1.54, 1.807) is 20.8 Å². The molecule has 0 spiro atoms. The molecule has 5 heterocycles. The Morgan fingerprint density at radius 1 is 0.569 bits per heavy atom. The van der Waals surface area contributed by atoms with Crippen LogP contribution in [0.25, 0.3) is 0 Å². The van der Waals surface area contributed by atoms with Crippen LogP contribution < -0.4 is 44.8 Å². The third kappa shape index (κ3) is 21.5. The molecule has 3 unspecified atom stereocenters. The van der Waals surface area contributed by atoms with Crippen molar-refractivity contribution >= 4 is 35.5 Å². The number of carbonyl (C=O) groups is 4. The summed E-state index contributed by atoms with van der Waals surface area (Å²) >= 11 is 0. The molecule has 3 saturated heterocycles. The molecule has 2 N–H and O–H groups in total. The topological polar surface area (TPSA) is 324 Å². The fraction of sp³-hybridized carbons (Fsp3) is 0.511. The summed E-state index contributed by atoms with van der Waals surface area (Å²) in [7, 11) is 0. The van der Waals surface area contributed by atoms with E-state index < -0.39 is 58.3 Å². The van der Waals surface area contributed by atoms with Gasteiger partial charge in [-0.2, -0.15) is 0 Å². The second kappa shape index (κ2) is 31.4. The van der Waals surface area contributed by atoms with E-state index in [0.29, 0.717) is 49.7 Å². The SMILES string of the molecule is C=C(C)C(=O)OCCNC(=O)ON=C(C)CC.C=CC(=O)OCCNC(=O)ON=C(C)CC.C=CCn1c(=O)n(CC2CO2)c(=O)n(CC2CO2)c1=O.C=CCn1c(=O)n(CC=C)c(=O)n(CC2CO2)c1=O. The van der Waals surface area contributed by atoms with E-state index in [1.165, 1.54) is 18.2 Å². The third-order valence-corrected chi connectivity index (χ3v) is 9.40. The molecule has 27 nitrogen and oxygen atoms in total. The normalized spacial score (nSPS) is 15.9. The van der Waals surface area contributed by atoms with E-state index in [0.717, 1.165) is 33.5 Å². The second-order valence-corrected chi connectivity index (χ2v) is 15.4. The zero-order chi connectivity index (χ0) is 53.9. The summed E-state index contributed by atoms with van der Waals surface area (Å²) in [5, 5.41) is 11.9. The standard InChI is InChI=1S/C12H15N3O5.C12H15N3O4.C11H18N2O4.C10H16N2O4/c1-2-3-13-10(16)14(4-8-6-19-8)12(18)15(11(13)17)5-9-7-20-9;1-3-5-13-10(16)14(6-4-2)12(18)15(11(13)17)7-9-8-19-9;1-5-9(4)13-17-11(15)12-6-7-16-10(14)8(2)3;1-4-8(3)12-16-10(14)11-6-7-15-9(13)5-2/h2,8-9H,1,3-7H2;3-4,9H,1-2,5-8H2;2,5-7H2,1,3-4H3,(H,12,15);5H,2,4,6-7H2,1,3H3,(H,11,14). The van der Waals surface area contributed by atoms with Crippen LogP contribution in [-0.4, -0.2) is 127 Å². The van der Waals surface area contributed by atoms with Crippen molar-refractivity contribution in [2.45, 2.75) is 105 Å². The molecule has 5 rings (SSSR count). The number of hydrogen-bond acceptors (Lipinski definition) is 19. The van der Waals surface area contributed by atoms with Crippen molar-refractivity contribution < 1.29 is 52.5 Å². The number of oxime groups is 2. The summed E-state index contributed by atoms with van der Waals surface area (Å²) in [5.74, 6) is -1.02. The Morgan fingerprint density at radius 2 is 0.875 bits per heavy atom. The summed E-state index contributed by atoms with van der Waals surface area (Å²) in [6.45, 7) is 28.7. The monoisotopic (exact) mass is 1020 g/mol. The van der Waals surface area contributed by atoms with Crippen molar-refractivity contribution in [1.29, 1.82) is 0 Å². The zero-order valence-corrected chi connectivity index (χ0v) is 41.2. The Kier molecular flexibility index (Phi) is 26.4. The first-order valence-corrected chi connectivity index (χ1v) is 22.4. The molecule has 396 valence electrons. The number of amides is 2. The highest BCUT2D eigenvalue weighted by Crippen LogP contribution is 2.11. The number of allylic oxidation sites excluding steroid dienone is 3. The highest BCUT2D eigenvalue weighted by Gasteiger charge is 2.30. The molecule has 2 amide bonds. The van der Waals surface area contributed by atoms with Crippen molar-refractivity contribution in [2.24, 2.45) is 10.3 Å². The van der Waals surface area contributed by atoms with Gasteiger partial charge in [0.2, 0.25) is 0 Å². The van der Waals surface area contributed by atoms with Gasteiger partial charge in [0.15, 0.2) is 0 Å². The van der Waals surface area contributed by atoms with Gasteiger partial charge in [-0.1, -0.05) is 55.5 Å². The van der Waals surface area contributed by atoms with Gasteiger partial charge in [-0.3, -0.25) is 9.68 Å². The Bertz CT molecular complexity index is 2590. The van der Waals surface area contributed by atoms with Crippen LogP contribution in [0.4, 0.5) is 9.59 Å². The number of hydrogen-bond donors (Lipinski definition) is 2. The fourth-order valence-electron chi connectivity index (χ4n) is 5.04. The predicted molar refractivity (Wildman–Crippen MR) is 261 cm³/mol. The molecule has 3 aliphatic heterocycles. The van der Waals surface area contributed by atoms with Gasteiger partial charge >= 0.3 is 58.3 Å². The molecule has 0 bridgehead atoms. The van der Waals surface area contributed by atoms with Gasteiger partial charge in [-0.05, 0) is 33.6 Å². The fourth-order valence-corrected chi connectivity index (χ4v) is 5.04. The van der Waals surface area contributed by atoms with E-state index in [2.05, 4.69) is 68.3 Å². The number of nitrogens with zero attached hydrogens (tertiary/aromatic N) is 8. The van der Waals surface area contributed by atoms with Crippen LogP contribution in [0.1, 0.15) is 47.5 Å². The van der Waals surface area contributed by atoms with Gasteiger partial charge < -0.3 is 34.3 Å². The maximum Gasteiger partial charge on any atom is 0.433 e. The molecule has 3 fully saturated rings. The summed E-state index contributed by atoms with van der Waals surface area (Å²) in [6.07, 6.45) is 5.06. The van der Waals surface area contributed by atoms with Gasteiger partial charge in [0.25, 0.3) is 0 Å². The predicted octanol–water partition coefficient (Wildman–Crippen LogP) is -0.0567. The molecule has 2 aromatic heterocycles. The van der Waals surface area contributed by atoms with Gasteiger partial charge in [0.05, 0.1) is 102 Å². The lowest BCUT2D eigenvalue weighted by molar-refractivity contribution is -0.139. The van der Waals surface area contributed by atoms with Crippen molar-refractivity contribution in [1.82, 2.24) is 38.0 Å². The van der Waals surface area contributed by atoms with Gasteiger partial charge in [0, 0.05) is 11.6 Å². The maximum atomic E-state index is 12.3. The third-order valence-electron chi connectivity index (χ3n) is 9.40. The molecule has 0 saturated carbocycles. The smallest absolute Gasteiger partial charge is 0.433 e. The van der Waals surface area contributed by atoms with Crippen molar-refractivity contribution in [2.75, 3.05) is 46.1 Å². The molecule has 3 atom stereocenters. The lowest BCUT2D eigenvalue weighted by Gasteiger charge is -2.11. The molecular formula is C45H64N10O17. The zero-order valence-electron chi connectivity index (χ0n) is 41.2. The molecule has 0 aromatic carbocycles. The summed E-state index contributed by atoms with van der Waals surface area (Å²) in [4.78, 5) is 126. The van der Waals surface area contributed by atoms with Crippen LogP contribution in [-0.2, 0) is 82.2 Å². The molecule has 72 heavy (non-hydrogen) atoms. The number of esters is 2. The highest BCUT2D eigenvalue weighted by molar-refractivity contribution is 5.87. The molecule has 27 heteroatoms. The minimum atomic E-state index is -0.678. The van der Waals surface area contributed by atoms with Crippen LogP contribution in [0.2, 0.25) is 0 Å². The molecule has 0 aliphatic carbocycles. The average molecular weight is 1020 g/mol. The molecule has 2 aromatic rings. The summed E-state index contributed by atoms with van der Waals surface area (Å²) in [6, 6.07) is 0. The highest BCUT2D eigenvalue weighted by atomic mass is 16.7. The first kappa shape index (κ1) is 60.3. The average Bonchev–Trinajstić information content (AvgIpc) is 4.21. The van der Waals surface area contributed by atoms with Crippen LogP contribution in [0.15, 0.2) is 102 Å². The maximum absolute atomic E-state index is 12.3. The molecular weight excluding hydrogens is 953 g/mol. The summed E-state index contributed by atoms with van der Waals surface area (Å²) in [5.41, 5.74) is -2.02. The first-order chi connectivity index (χ1) is 34.3. The van der Waals surface area contributed by atoms with Crippen LogP contribution >= 0.6 is 0 Å². The Morgan fingerprint density at radius 3 is 1.15 bits per heavy atom. The van der Waals surface area contributed by atoms with E-state index in [4.69, 9.17) is 18.9 Å². The Hall–Kier alpha value is -7.78. The summed E-state index contributed by atoms with van der Waals surface area (Å²) < 4.78 is 30.5. The van der Waals surface area contributed by atoms with Crippen molar-refractivity contribution in [3.63, 3.8) is 0 Å². The van der Waals surface area contributed by atoms with E-state index in [9.17, 15) is 47.9 Å². The van der Waals surface area contributed by atoms with Crippen LogP contribution in [0.3, 0.4) is 0 Å². The Balaban J connectivity index is 0.000000331. The largest absolute Gasteiger partial charge is 0.461 e. The van der Waals surface area contributed by atoms with Gasteiger partial charge in [-0.25, -0.2) is 75.3 Å². The first-order valence-electron chi connectivity index (χ1n) is 22.4. The number of aromatic nitrogens is 6. The van der Waals surface area contributed by atoms with Gasteiger partial charge in [0.1, 0.15) is 13.2 Å². The lowest BCUT2D eigenvalue weighted by atomic mass is 10.3. The number of carbonyl (C=O) groups excluding carboxylic acids is 4. The number of rotatable bonds is 24. The van der Waals surface area contributed by atoms with Crippen LogP contribution in [0, 0.1) is 0 Å².